The smallest absolute Gasteiger partial charge is 0.269 e. The van der Waals surface area contributed by atoms with Gasteiger partial charge >= 0.3 is 0 Å². The van der Waals surface area contributed by atoms with Gasteiger partial charge in [-0.3, -0.25) is 19.7 Å². The summed E-state index contributed by atoms with van der Waals surface area (Å²) >= 11 is 0. The Morgan fingerprint density at radius 2 is 1.50 bits per heavy atom. The van der Waals surface area contributed by atoms with Crippen LogP contribution < -0.4 is 26.2 Å². The maximum absolute atomic E-state index is 12.0. The summed E-state index contributed by atoms with van der Waals surface area (Å²) in [7, 11) is 0. The Balaban J connectivity index is 1.32. The number of nitrogens with zero attached hydrogens (tertiary/aromatic N) is 1. The highest BCUT2D eigenvalue weighted by molar-refractivity contribution is 5.78. The van der Waals surface area contributed by atoms with E-state index < -0.39 is 15.8 Å². The molecule has 0 atom stereocenters. The van der Waals surface area contributed by atoms with E-state index in [1.807, 2.05) is 30.3 Å². The summed E-state index contributed by atoms with van der Waals surface area (Å²) in [5.74, 6) is 0.605. The van der Waals surface area contributed by atoms with E-state index in [0.29, 0.717) is 17.1 Å². The highest BCUT2D eigenvalue weighted by Gasteiger charge is 2.27. The molecule has 0 bridgehead atoms. The maximum Gasteiger partial charge on any atom is 0.269 e. The molecule has 0 radical (unpaired) electrons. The molecule has 1 fully saturated rings. The molecule has 0 aromatic heterocycles. The number of non-ortho nitro benzene ring substituents is 1. The zero-order valence-electron chi connectivity index (χ0n) is 16.2. The second-order valence-electron chi connectivity index (χ2n) is 7.39. The van der Waals surface area contributed by atoms with Gasteiger partial charge in [0.2, 0.25) is 0 Å². The van der Waals surface area contributed by atoms with Crippen LogP contribution >= 0.6 is 0 Å². The van der Waals surface area contributed by atoms with Gasteiger partial charge in [-0.25, -0.2) is 0 Å². The van der Waals surface area contributed by atoms with E-state index in [9.17, 15) is 19.7 Å². The van der Waals surface area contributed by atoms with Crippen molar-refractivity contribution in [1.29, 1.82) is 0 Å². The lowest BCUT2D eigenvalue weighted by Crippen LogP contribution is -2.40. The fourth-order valence-corrected chi connectivity index (χ4v) is 3.68. The first-order valence-corrected chi connectivity index (χ1v) is 9.84. The number of nitro groups is 1. The fraction of sp³-hybridized carbons (Fsp3) is 0.273. The third kappa shape index (κ3) is 4.17. The second kappa shape index (κ2) is 8.36. The van der Waals surface area contributed by atoms with Crippen LogP contribution in [0.1, 0.15) is 25.7 Å². The van der Waals surface area contributed by atoms with Crippen LogP contribution in [0, 0.1) is 10.1 Å². The molecule has 8 heteroatoms. The largest absolute Gasteiger partial charge is 0.490 e. The average molecular weight is 407 g/mol. The van der Waals surface area contributed by atoms with Gasteiger partial charge in [-0.1, -0.05) is 18.2 Å². The summed E-state index contributed by atoms with van der Waals surface area (Å²) in [6, 6.07) is 15.4. The summed E-state index contributed by atoms with van der Waals surface area (Å²) in [4.78, 5) is 34.3. The van der Waals surface area contributed by atoms with E-state index in [1.54, 1.807) is 12.1 Å². The van der Waals surface area contributed by atoms with Gasteiger partial charge in [-0.2, -0.15) is 0 Å². The molecule has 8 nitrogen and oxygen atoms in total. The predicted molar refractivity (Wildman–Crippen MR) is 114 cm³/mol. The van der Waals surface area contributed by atoms with Crippen LogP contribution in [0.25, 0.3) is 0 Å². The first-order valence-electron chi connectivity index (χ1n) is 9.84. The summed E-state index contributed by atoms with van der Waals surface area (Å²) in [5, 5.41) is 17.0. The number of benzene rings is 2. The number of para-hydroxylation sites is 1. The number of anilines is 3. The molecule has 1 aliphatic rings. The first kappa shape index (κ1) is 19.6. The Kier molecular flexibility index (Phi) is 5.47. The topological polar surface area (TPSA) is 111 Å². The quantitative estimate of drug-likeness (QED) is 0.349. The van der Waals surface area contributed by atoms with Crippen LogP contribution in [0.2, 0.25) is 0 Å². The molecule has 0 saturated heterocycles. The Morgan fingerprint density at radius 1 is 0.867 bits per heavy atom. The lowest BCUT2D eigenvalue weighted by molar-refractivity contribution is -0.384. The van der Waals surface area contributed by atoms with Gasteiger partial charge in [-0.15, -0.1) is 0 Å². The number of rotatable bonds is 7. The van der Waals surface area contributed by atoms with Crippen molar-refractivity contribution in [2.24, 2.45) is 0 Å². The van der Waals surface area contributed by atoms with Gasteiger partial charge in [0, 0.05) is 23.9 Å². The standard InChI is InChI=1S/C22H21N3O5/c26-21-19(23-14-4-2-1-3-5-14)20(22(21)27)24-15-6-10-17(11-7-15)30-18-12-8-16(9-13-18)25(28)29/h1-5,8-9,12-13,15,17,23-24H,6-7,10-11H2. The number of nitrogens with one attached hydrogen (secondary N) is 2. The molecule has 1 aliphatic carbocycles. The summed E-state index contributed by atoms with van der Waals surface area (Å²) in [5.41, 5.74) is 0.462. The van der Waals surface area contributed by atoms with Gasteiger partial charge < -0.3 is 15.4 Å². The average Bonchev–Trinajstić information content (AvgIpc) is 2.78. The summed E-state index contributed by atoms with van der Waals surface area (Å²) in [6.45, 7) is 0. The molecule has 154 valence electrons. The van der Waals surface area contributed by atoms with Crippen molar-refractivity contribution in [3.8, 4) is 5.75 Å². The minimum atomic E-state index is -0.503. The van der Waals surface area contributed by atoms with Crippen LogP contribution in [0.5, 0.6) is 5.75 Å². The van der Waals surface area contributed by atoms with E-state index in [1.165, 1.54) is 12.1 Å². The van der Waals surface area contributed by atoms with Crippen molar-refractivity contribution in [3.63, 3.8) is 0 Å². The van der Waals surface area contributed by atoms with Gasteiger partial charge in [0.15, 0.2) is 0 Å². The molecule has 0 amide bonds. The molecular weight excluding hydrogens is 386 g/mol. The van der Waals surface area contributed by atoms with Crippen molar-refractivity contribution in [1.82, 2.24) is 0 Å². The van der Waals surface area contributed by atoms with E-state index in [-0.39, 0.29) is 17.8 Å². The van der Waals surface area contributed by atoms with Crippen molar-refractivity contribution in [3.05, 3.63) is 85.2 Å². The van der Waals surface area contributed by atoms with Gasteiger partial charge in [-0.05, 0) is 49.9 Å². The van der Waals surface area contributed by atoms with E-state index in [4.69, 9.17) is 4.74 Å². The zero-order valence-corrected chi connectivity index (χ0v) is 16.2. The van der Waals surface area contributed by atoms with Crippen molar-refractivity contribution < 1.29 is 9.66 Å². The second-order valence-corrected chi connectivity index (χ2v) is 7.39. The molecule has 4 rings (SSSR count). The van der Waals surface area contributed by atoms with Crippen LogP contribution in [0.3, 0.4) is 0 Å². The molecule has 1 saturated carbocycles. The highest BCUT2D eigenvalue weighted by atomic mass is 16.6. The lowest BCUT2D eigenvalue weighted by Gasteiger charge is -2.30. The van der Waals surface area contributed by atoms with Crippen LogP contribution in [-0.2, 0) is 0 Å². The van der Waals surface area contributed by atoms with Crippen molar-refractivity contribution in [2.45, 2.75) is 37.8 Å². The predicted octanol–water partition coefficient (Wildman–Crippen LogP) is 3.74. The van der Waals surface area contributed by atoms with E-state index in [2.05, 4.69) is 10.6 Å². The third-order valence-electron chi connectivity index (χ3n) is 5.33. The highest BCUT2D eigenvalue weighted by Crippen LogP contribution is 2.28. The Labute approximate surface area is 172 Å². The van der Waals surface area contributed by atoms with Gasteiger partial charge in [0.05, 0.1) is 11.0 Å². The van der Waals surface area contributed by atoms with Crippen LogP contribution in [0.4, 0.5) is 22.7 Å². The Hall–Kier alpha value is -3.68. The SMILES string of the molecule is O=c1c(Nc2ccccc2)c(NC2CCC(Oc3ccc([N+](=O)[O-])cc3)CC2)c1=O. The lowest BCUT2D eigenvalue weighted by atomic mass is 9.92. The number of nitro benzene ring substituents is 1. The van der Waals surface area contributed by atoms with E-state index >= 15 is 0 Å². The molecular formula is C22H21N3O5. The molecule has 2 N–H and O–H groups in total. The van der Waals surface area contributed by atoms with Crippen molar-refractivity contribution in [2.75, 3.05) is 10.6 Å². The molecule has 3 aromatic carbocycles. The molecule has 3 aromatic rings. The first-order chi connectivity index (χ1) is 14.5. The minimum absolute atomic E-state index is 0.0131. The number of ether oxygens (including phenoxy) is 1. The molecule has 0 spiro atoms. The van der Waals surface area contributed by atoms with Crippen LogP contribution in [0.15, 0.2) is 64.2 Å². The number of hydrogen-bond acceptors (Lipinski definition) is 7. The number of hydrogen-bond donors (Lipinski definition) is 2. The normalized spacial score (nSPS) is 18.7. The van der Waals surface area contributed by atoms with Crippen LogP contribution in [-0.4, -0.2) is 17.1 Å². The molecule has 0 unspecified atom stereocenters. The van der Waals surface area contributed by atoms with Gasteiger partial charge in [0.25, 0.3) is 16.5 Å². The van der Waals surface area contributed by atoms with Gasteiger partial charge in [0.1, 0.15) is 17.1 Å². The Bertz CT molecular complexity index is 1100. The Morgan fingerprint density at radius 3 is 2.13 bits per heavy atom. The fourth-order valence-electron chi connectivity index (χ4n) is 3.68. The molecule has 30 heavy (non-hydrogen) atoms. The molecule has 0 heterocycles. The summed E-state index contributed by atoms with van der Waals surface area (Å²) < 4.78 is 5.93. The maximum atomic E-state index is 12.0. The van der Waals surface area contributed by atoms with E-state index in [0.717, 1.165) is 31.4 Å². The third-order valence-corrected chi connectivity index (χ3v) is 5.33. The molecule has 0 aliphatic heterocycles. The summed E-state index contributed by atoms with van der Waals surface area (Å²) in [6.07, 6.45) is 3.17. The monoisotopic (exact) mass is 407 g/mol. The zero-order chi connectivity index (χ0) is 21.1. The minimum Gasteiger partial charge on any atom is -0.490 e. The van der Waals surface area contributed by atoms with Crippen molar-refractivity contribution >= 4 is 22.7 Å².